The van der Waals surface area contributed by atoms with E-state index < -0.39 is 0 Å². The molecule has 6 nitrogen and oxygen atoms in total. The third-order valence-corrected chi connectivity index (χ3v) is 7.42. The number of pyridine rings is 1. The summed E-state index contributed by atoms with van der Waals surface area (Å²) in [4.78, 5) is 11.6. The minimum Gasteiger partial charge on any atom is -0.453 e. The number of benzene rings is 2. The number of aromatic nitrogens is 2. The Bertz CT molecular complexity index is 1210. The van der Waals surface area contributed by atoms with Gasteiger partial charge in [0.05, 0.1) is 5.69 Å². The van der Waals surface area contributed by atoms with Crippen LogP contribution >= 0.6 is 23.1 Å². The molecule has 5 rings (SSSR count). The van der Waals surface area contributed by atoms with E-state index in [0.717, 1.165) is 51.6 Å². The number of nitrogens with zero attached hydrogens (tertiary/aromatic N) is 2. The lowest BCUT2D eigenvalue weighted by atomic mass is 9.94. The summed E-state index contributed by atoms with van der Waals surface area (Å²) in [6, 6.07) is 19.6. The molecule has 4 N–H and O–H groups in total. The molecule has 0 atom stereocenters. The summed E-state index contributed by atoms with van der Waals surface area (Å²) in [7, 11) is 0. The zero-order chi connectivity index (χ0) is 23.2. The predicted octanol–water partition coefficient (Wildman–Crippen LogP) is 6.35. The van der Waals surface area contributed by atoms with E-state index in [4.69, 9.17) is 15.5 Å². The van der Waals surface area contributed by atoms with Gasteiger partial charge in [0.1, 0.15) is 5.75 Å². The highest BCUT2D eigenvalue weighted by molar-refractivity contribution is 7.99. The van der Waals surface area contributed by atoms with E-state index in [-0.39, 0.29) is 0 Å². The zero-order valence-electron chi connectivity index (χ0n) is 18.7. The summed E-state index contributed by atoms with van der Waals surface area (Å²) in [5.74, 6) is 2.76. The lowest BCUT2D eigenvalue weighted by Crippen LogP contribution is -2.28. The van der Waals surface area contributed by atoms with Gasteiger partial charge >= 0.3 is 0 Å². The number of nitrogens with two attached hydrogens (primary N) is 1. The number of hydrogen-bond donors (Lipinski definition) is 3. The van der Waals surface area contributed by atoms with E-state index in [0.29, 0.717) is 17.5 Å². The van der Waals surface area contributed by atoms with Crippen LogP contribution in [-0.4, -0.2) is 23.1 Å². The van der Waals surface area contributed by atoms with E-state index in [1.807, 2.05) is 66.9 Å². The van der Waals surface area contributed by atoms with E-state index in [2.05, 4.69) is 21.0 Å². The Morgan fingerprint density at radius 3 is 2.65 bits per heavy atom. The number of piperidine rings is 1. The molecule has 0 saturated carbocycles. The van der Waals surface area contributed by atoms with Crippen molar-refractivity contribution in [1.29, 1.82) is 0 Å². The molecule has 0 radical (unpaired) electrons. The average Bonchev–Trinajstić information content (AvgIpc) is 3.30. The van der Waals surface area contributed by atoms with Gasteiger partial charge in [0, 0.05) is 33.1 Å². The van der Waals surface area contributed by atoms with E-state index in [9.17, 15) is 0 Å². The molecule has 2 aromatic carbocycles. The normalized spacial score (nSPS) is 14.1. The third kappa shape index (κ3) is 6.08. The summed E-state index contributed by atoms with van der Waals surface area (Å²) in [5.41, 5.74) is 7.71. The lowest BCUT2D eigenvalue weighted by molar-refractivity contribution is 0.370. The van der Waals surface area contributed by atoms with Crippen molar-refractivity contribution in [2.45, 2.75) is 29.1 Å². The Morgan fingerprint density at radius 1 is 1.06 bits per heavy atom. The Kier molecular flexibility index (Phi) is 7.28. The maximum absolute atomic E-state index is 6.22. The monoisotopic (exact) mass is 489 g/mol. The third-order valence-electron chi connectivity index (χ3n) is 5.65. The SMILES string of the molecule is Nc1ccc(Sc2cnc(Nc3nc(CC4CCNCC4)cs3)c(Oc3ccccc3)c2)cc1. The van der Waals surface area contributed by atoms with E-state index in [1.54, 1.807) is 23.1 Å². The van der Waals surface area contributed by atoms with Crippen LogP contribution in [0.15, 0.2) is 82.0 Å². The van der Waals surface area contributed by atoms with Gasteiger partial charge in [0.25, 0.3) is 0 Å². The molecule has 4 aromatic rings. The van der Waals surface area contributed by atoms with Crippen LogP contribution in [0.5, 0.6) is 11.5 Å². The fourth-order valence-corrected chi connectivity index (χ4v) is 5.42. The van der Waals surface area contributed by atoms with Crippen molar-refractivity contribution >= 4 is 39.7 Å². The van der Waals surface area contributed by atoms with Gasteiger partial charge in [-0.25, -0.2) is 9.97 Å². The van der Waals surface area contributed by atoms with E-state index >= 15 is 0 Å². The molecule has 0 bridgehead atoms. The van der Waals surface area contributed by atoms with Gasteiger partial charge in [-0.15, -0.1) is 11.3 Å². The van der Waals surface area contributed by atoms with Crippen LogP contribution in [0.25, 0.3) is 0 Å². The van der Waals surface area contributed by atoms with Crippen LogP contribution in [0.1, 0.15) is 18.5 Å². The highest BCUT2D eigenvalue weighted by atomic mass is 32.2. The largest absolute Gasteiger partial charge is 0.453 e. The number of rotatable bonds is 8. The summed E-state index contributed by atoms with van der Waals surface area (Å²) >= 11 is 3.22. The zero-order valence-corrected chi connectivity index (χ0v) is 20.4. The molecule has 174 valence electrons. The lowest BCUT2D eigenvalue weighted by Gasteiger charge is -2.21. The van der Waals surface area contributed by atoms with Crippen LogP contribution in [0, 0.1) is 5.92 Å². The number of para-hydroxylation sites is 1. The molecule has 0 unspecified atom stereocenters. The minimum absolute atomic E-state index is 0.647. The molecule has 34 heavy (non-hydrogen) atoms. The fraction of sp³-hybridized carbons (Fsp3) is 0.231. The molecule has 8 heteroatoms. The van der Waals surface area contributed by atoms with Gasteiger partial charge < -0.3 is 21.1 Å². The molecule has 3 heterocycles. The number of hydrogen-bond acceptors (Lipinski definition) is 8. The number of nitrogen functional groups attached to an aromatic ring is 1. The van der Waals surface area contributed by atoms with Crippen molar-refractivity contribution in [2.24, 2.45) is 5.92 Å². The van der Waals surface area contributed by atoms with Gasteiger partial charge in [-0.3, -0.25) is 0 Å². The van der Waals surface area contributed by atoms with Crippen LogP contribution in [0.3, 0.4) is 0 Å². The maximum atomic E-state index is 6.22. The predicted molar refractivity (Wildman–Crippen MR) is 140 cm³/mol. The van der Waals surface area contributed by atoms with E-state index in [1.165, 1.54) is 12.8 Å². The molecular formula is C26H27N5OS2. The smallest absolute Gasteiger partial charge is 0.188 e. The van der Waals surface area contributed by atoms with Gasteiger partial charge in [-0.05, 0) is 74.7 Å². The fourth-order valence-electron chi connectivity index (χ4n) is 3.88. The quantitative estimate of drug-likeness (QED) is 0.249. The first-order valence-corrected chi connectivity index (χ1v) is 13.1. The van der Waals surface area contributed by atoms with Gasteiger partial charge in [-0.2, -0.15) is 0 Å². The molecule has 1 aliphatic rings. The Labute approximate surface area is 208 Å². The van der Waals surface area contributed by atoms with Crippen molar-refractivity contribution in [3.8, 4) is 11.5 Å². The first kappa shape index (κ1) is 22.7. The standard InChI is InChI=1S/C26H27N5OS2/c27-19-6-8-22(9-7-19)34-23-15-24(32-21-4-2-1-3-5-21)25(29-16-23)31-26-30-20(17-33-26)14-18-10-12-28-13-11-18/h1-9,15-18,28H,10-14,27H2,(H,29,30,31). The molecule has 1 aliphatic heterocycles. The van der Waals surface area contributed by atoms with Crippen LogP contribution < -0.4 is 21.1 Å². The molecule has 1 saturated heterocycles. The number of thiazole rings is 1. The Morgan fingerprint density at radius 2 is 1.85 bits per heavy atom. The van der Waals surface area contributed by atoms with Gasteiger partial charge in [0.15, 0.2) is 16.7 Å². The number of anilines is 3. The molecule has 0 aliphatic carbocycles. The van der Waals surface area contributed by atoms with Crippen LogP contribution in [-0.2, 0) is 6.42 Å². The second kappa shape index (κ2) is 10.9. The summed E-state index contributed by atoms with van der Waals surface area (Å²) in [6.07, 6.45) is 5.30. The number of nitrogens with one attached hydrogen (secondary N) is 2. The molecule has 0 amide bonds. The van der Waals surface area contributed by atoms with Crippen LogP contribution in [0.4, 0.5) is 16.6 Å². The Balaban J connectivity index is 1.35. The first-order chi connectivity index (χ1) is 16.7. The Hall–Kier alpha value is -3.07. The second-order valence-electron chi connectivity index (χ2n) is 8.27. The summed E-state index contributed by atoms with van der Waals surface area (Å²) in [6.45, 7) is 2.20. The van der Waals surface area contributed by atoms with Crippen molar-refractivity contribution in [1.82, 2.24) is 15.3 Å². The second-order valence-corrected chi connectivity index (χ2v) is 10.3. The molecule has 1 fully saturated rings. The highest BCUT2D eigenvalue weighted by Crippen LogP contribution is 2.37. The first-order valence-electron chi connectivity index (χ1n) is 11.4. The van der Waals surface area contributed by atoms with Gasteiger partial charge in [0.2, 0.25) is 0 Å². The van der Waals surface area contributed by atoms with Crippen molar-refractivity contribution < 1.29 is 4.74 Å². The summed E-state index contributed by atoms with van der Waals surface area (Å²) in [5, 5.41) is 9.78. The number of ether oxygens (including phenoxy) is 1. The topological polar surface area (TPSA) is 85.1 Å². The average molecular weight is 490 g/mol. The molecular weight excluding hydrogens is 462 g/mol. The van der Waals surface area contributed by atoms with Crippen molar-refractivity contribution in [3.63, 3.8) is 0 Å². The molecule has 0 spiro atoms. The minimum atomic E-state index is 0.647. The maximum Gasteiger partial charge on any atom is 0.188 e. The highest BCUT2D eigenvalue weighted by Gasteiger charge is 2.16. The van der Waals surface area contributed by atoms with Crippen molar-refractivity contribution in [3.05, 3.63) is 77.9 Å². The van der Waals surface area contributed by atoms with Crippen molar-refractivity contribution in [2.75, 3.05) is 24.1 Å². The summed E-state index contributed by atoms with van der Waals surface area (Å²) < 4.78 is 6.22. The molecule has 2 aromatic heterocycles. The van der Waals surface area contributed by atoms with Crippen LogP contribution in [0.2, 0.25) is 0 Å². The van der Waals surface area contributed by atoms with Gasteiger partial charge in [-0.1, -0.05) is 30.0 Å².